The van der Waals surface area contributed by atoms with E-state index in [-0.39, 0.29) is 18.8 Å². The molecule has 0 bridgehead atoms. The number of benzene rings is 1. The minimum Gasteiger partial charge on any atom is -0.392 e. The van der Waals surface area contributed by atoms with Gasteiger partial charge < -0.3 is 15.7 Å². The van der Waals surface area contributed by atoms with Crippen LogP contribution in [0.3, 0.4) is 0 Å². The van der Waals surface area contributed by atoms with Crippen LogP contribution in [0.4, 0.5) is 28.7 Å². The van der Waals surface area contributed by atoms with Crippen molar-refractivity contribution in [2.24, 2.45) is 0 Å². The number of sulfonamides is 1. The van der Waals surface area contributed by atoms with E-state index in [1.165, 1.54) is 12.4 Å². The Morgan fingerprint density at radius 3 is 2.44 bits per heavy atom. The first-order chi connectivity index (χ1) is 17.3. The van der Waals surface area contributed by atoms with Gasteiger partial charge in [-0.3, -0.25) is 14.4 Å². The number of nitrogens with zero attached hydrogens (tertiary/aromatic N) is 2. The number of hydrogen-bond donors (Lipinski definition) is 5. The number of carbonyl (C=O) groups is 1. The van der Waals surface area contributed by atoms with Crippen molar-refractivity contribution < 1.29 is 23.2 Å². The minimum atomic E-state index is -3.55. The van der Waals surface area contributed by atoms with Gasteiger partial charge in [0.2, 0.25) is 10.0 Å². The van der Waals surface area contributed by atoms with E-state index in [1.54, 1.807) is 31.2 Å². The van der Waals surface area contributed by atoms with E-state index in [4.69, 9.17) is 4.84 Å². The standard InChI is InChI=1S/C24H28N6O5S/c1-3-35-29-24(32)18-13-26-23(28-22-9-4-15(14-31)12-25-22)11-20(18)27-19-8-7-17(16-5-6-16)10-21(19)30-36(2,33)34/h4,7-13,16,30-31H,3,5-6,14H2,1-2H3,(H,29,32)(H2,25,26,27,28). The van der Waals surface area contributed by atoms with E-state index in [0.717, 1.165) is 24.7 Å². The molecule has 12 heteroatoms. The summed E-state index contributed by atoms with van der Waals surface area (Å²) in [5.41, 5.74) is 5.48. The summed E-state index contributed by atoms with van der Waals surface area (Å²) in [6, 6.07) is 10.6. The second-order valence-corrected chi connectivity index (χ2v) is 10.1. The number of hydrogen-bond acceptors (Lipinski definition) is 9. The summed E-state index contributed by atoms with van der Waals surface area (Å²) < 4.78 is 26.6. The molecule has 1 amide bonds. The highest BCUT2D eigenvalue weighted by molar-refractivity contribution is 7.92. The fourth-order valence-corrected chi connectivity index (χ4v) is 4.06. The molecule has 0 spiro atoms. The maximum absolute atomic E-state index is 12.7. The van der Waals surface area contributed by atoms with Gasteiger partial charge in [0.05, 0.1) is 42.1 Å². The van der Waals surface area contributed by atoms with Crippen LogP contribution in [0.5, 0.6) is 0 Å². The molecule has 0 aliphatic heterocycles. The maximum atomic E-state index is 12.7. The van der Waals surface area contributed by atoms with Crippen molar-refractivity contribution in [3.8, 4) is 0 Å². The van der Waals surface area contributed by atoms with E-state index in [0.29, 0.717) is 40.2 Å². The SMILES string of the molecule is CCONC(=O)c1cnc(Nc2ccc(CO)cn2)cc1Nc1ccc(C2CC2)cc1NS(C)(=O)=O. The fraction of sp³-hybridized carbons (Fsp3) is 0.292. The predicted molar refractivity (Wildman–Crippen MR) is 137 cm³/mol. The average molecular weight is 513 g/mol. The number of aromatic nitrogens is 2. The monoisotopic (exact) mass is 512 g/mol. The lowest BCUT2D eigenvalue weighted by Crippen LogP contribution is -2.24. The van der Waals surface area contributed by atoms with Crippen LogP contribution < -0.4 is 20.8 Å². The van der Waals surface area contributed by atoms with Gasteiger partial charge in [0.25, 0.3) is 5.91 Å². The topological polar surface area (TPSA) is 155 Å². The molecule has 1 aliphatic carbocycles. The lowest BCUT2D eigenvalue weighted by Gasteiger charge is -2.17. The van der Waals surface area contributed by atoms with E-state index < -0.39 is 15.9 Å². The van der Waals surface area contributed by atoms with E-state index >= 15 is 0 Å². The highest BCUT2D eigenvalue weighted by atomic mass is 32.2. The van der Waals surface area contributed by atoms with Crippen LogP contribution in [0.1, 0.15) is 47.2 Å². The highest BCUT2D eigenvalue weighted by Gasteiger charge is 2.25. The van der Waals surface area contributed by atoms with Crippen molar-refractivity contribution in [2.45, 2.75) is 32.3 Å². The maximum Gasteiger partial charge on any atom is 0.278 e. The molecule has 0 unspecified atom stereocenters. The Labute approximate surface area is 209 Å². The zero-order valence-electron chi connectivity index (χ0n) is 19.9. The van der Waals surface area contributed by atoms with Gasteiger partial charge in [-0.15, -0.1) is 0 Å². The van der Waals surface area contributed by atoms with E-state index in [9.17, 15) is 18.3 Å². The Bertz CT molecular complexity index is 1340. The molecule has 2 heterocycles. The Morgan fingerprint density at radius 1 is 1.03 bits per heavy atom. The third-order valence-corrected chi connectivity index (χ3v) is 5.97. The fourth-order valence-electron chi connectivity index (χ4n) is 3.49. The van der Waals surface area contributed by atoms with Crippen molar-refractivity contribution in [3.63, 3.8) is 0 Å². The molecular formula is C24H28N6O5S. The zero-order valence-corrected chi connectivity index (χ0v) is 20.7. The van der Waals surface area contributed by atoms with Crippen molar-refractivity contribution in [2.75, 3.05) is 28.2 Å². The van der Waals surface area contributed by atoms with E-state index in [2.05, 4.69) is 30.8 Å². The first kappa shape index (κ1) is 25.4. The number of amides is 1. The number of rotatable bonds is 11. The third kappa shape index (κ3) is 6.68. The Hall–Kier alpha value is -3.74. The number of aliphatic hydroxyl groups excluding tert-OH is 1. The summed E-state index contributed by atoms with van der Waals surface area (Å²) in [7, 11) is -3.55. The molecule has 1 saturated carbocycles. The molecule has 5 N–H and O–H groups in total. The molecular weight excluding hydrogens is 484 g/mol. The number of hydroxylamine groups is 1. The zero-order chi connectivity index (χ0) is 25.7. The first-order valence-electron chi connectivity index (χ1n) is 11.4. The number of anilines is 5. The van der Waals surface area contributed by atoms with Crippen LogP contribution in [0, 0.1) is 0 Å². The molecule has 36 heavy (non-hydrogen) atoms. The number of nitrogens with one attached hydrogen (secondary N) is 4. The Balaban J connectivity index is 1.69. The number of carbonyl (C=O) groups excluding carboxylic acids is 1. The van der Waals surface area contributed by atoms with Gasteiger partial charge in [0.1, 0.15) is 11.6 Å². The van der Waals surface area contributed by atoms with Crippen LogP contribution in [0.15, 0.2) is 48.8 Å². The van der Waals surface area contributed by atoms with Crippen LogP contribution in [-0.2, 0) is 21.5 Å². The van der Waals surface area contributed by atoms with Gasteiger partial charge in [-0.05, 0) is 55.0 Å². The molecule has 0 radical (unpaired) electrons. The first-order valence-corrected chi connectivity index (χ1v) is 13.3. The summed E-state index contributed by atoms with van der Waals surface area (Å²) >= 11 is 0. The normalized spacial score (nSPS) is 13.2. The lowest BCUT2D eigenvalue weighted by atomic mass is 10.1. The van der Waals surface area contributed by atoms with Crippen molar-refractivity contribution in [1.29, 1.82) is 0 Å². The second-order valence-electron chi connectivity index (χ2n) is 8.39. The molecule has 1 aliphatic rings. The van der Waals surface area contributed by atoms with Crippen molar-refractivity contribution in [3.05, 3.63) is 65.5 Å². The van der Waals surface area contributed by atoms with Gasteiger partial charge in [0, 0.05) is 18.5 Å². The highest BCUT2D eigenvalue weighted by Crippen LogP contribution is 2.42. The molecule has 3 aromatic rings. The van der Waals surface area contributed by atoms with Gasteiger partial charge in [-0.1, -0.05) is 12.1 Å². The summed E-state index contributed by atoms with van der Waals surface area (Å²) in [4.78, 5) is 26.3. The molecule has 0 atom stereocenters. The Kier molecular flexibility index (Phi) is 7.67. The predicted octanol–water partition coefficient (Wildman–Crippen LogP) is 3.39. The third-order valence-electron chi connectivity index (χ3n) is 5.38. The Morgan fingerprint density at radius 2 is 1.81 bits per heavy atom. The summed E-state index contributed by atoms with van der Waals surface area (Å²) in [5.74, 6) is 0.788. The largest absolute Gasteiger partial charge is 0.392 e. The molecule has 1 aromatic carbocycles. The van der Waals surface area contributed by atoms with Gasteiger partial charge in [-0.25, -0.2) is 23.9 Å². The van der Waals surface area contributed by atoms with Crippen molar-refractivity contribution >= 4 is 44.6 Å². The van der Waals surface area contributed by atoms with Crippen LogP contribution in [0.25, 0.3) is 0 Å². The molecule has 2 aromatic heterocycles. The van der Waals surface area contributed by atoms with Crippen LogP contribution >= 0.6 is 0 Å². The van der Waals surface area contributed by atoms with Gasteiger partial charge in [0.15, 0.2) is 0 Å². The summed E-state index contributed by atoms with van der Waals surface area (Å²) in [6.07, 6.45) is 6.14. The summed E-state index contributed by atoms with van der Waals surface area (Å²) in [5, 5.41) is 15.4. The van der Waals surface area contributed by atoms with Crippen LogP contribution in [0.2, 0.25) is 0 Å². The lowest BCUT2D eigenvalue weighted by molar-refractivity contribution is 0.0365. The van der Waals surface area contributed by atoms with Crippen LogP contribution in [-0.4, -0.2) is 42.3 Å². The smallest absolute Gasteiger partial charge is 0.278 e. The molecule has 11 nitrogen and oxygen atoms in total. The molecule has 190 valence electrons. The van der Waals surface area contributed by atoms with Gasteiger partial charge in [-0.2, -0.15) is 0 Å². The average Bonchev–Trinajstić information content (AvgIpc) is 3.69. The summed E-state index contributed by atoms with van der Waals surface area (Å²) in [6.45, 7) is 1.90. The number of pyridine rings is 2. The van der Waals surface area contributed by atoms with Gasteiger partial charge >= 0.3 is 0 Å². The minimum absolute atomic E-state index is 0.118. The quantitative estimate of drug-likeness (QED) is 0.243. The van der Waals surface area contributed by atoms with Crippen molar-refractivity contribution in [1.82, 2.24) is 15.4 Å². The second kappa shape index (κ2) is 10.9. The molecule has 1 fully saturated rings. The molecule has 4 rings (SSSR count). The molecule has 0 saturated heterocycles. The van der Waals surface area contributed by atoms with E-state index in [1.807, 2.05) is 12.1 Å². The number of aliphatic hydroxyl groups is 1.